The largest absolute Gasteiger partial charge is 0.497 e. The van der Waals surface area contributed by atoms with E-state index in [1.807, 2.05) is 40.2 Å². The number of methoxy groups -OCH3 is 1. The fourth-order valence-corrected chi connectivity index (χ4v) is 3.84. The van der Waals surface area contributed by atoms with Crippen molar-refractivity contribution in [1.82, 2.24) is 9.38 Å². The lowest BCUT2D eigenvalue weighted by Crippen LogP contribution is -2.15. The molecule has 1 N–H and O–H groups in total. The van der Waals surface area contributed by atoms with Gasteiger partial charge in [-0.3, -0.25) is 9.20 Å². The molecule has 0 saturated carbocycles. The predicted octanol–water partition coefficient (Wildman–Crippen LogP) is 5.27. The second kappa shape index (κ2) is 7.83. The SMILES string of the molecule is COc1ccc(-c2cn3c(CC(=O)Nc4ccc(C(F)(F)F)cc4)csc3n2)cc1. The van der Waals surface area contributed by atoms with Crippen LogP contribution in [0.25, 0.3) is 16.2 Å². The summed E-state index contributed by atoms with van der Waals surface area (Å²) in [5, 5.41) is 4.47. The van der Waals surface area contributed by atoms with Crippen LogP contribution in [-0.2, 0) is 17.4 Å². The molecule has 0 unspecified atom stereocenters. The number of rotatable bonds is 5. The van der Waals surface area contributed by atoms with Gasteiger partial charge in [0.05, 0.1) is 24.8 Å². The number of carbonyl (C=O) groups excluding carboxylic acids is 1. The Morgan fingerprint density at radius 2 is 1.83 bits per heavy atom. The molecule has 2 aromatic carbocycles. The fraction of sp³-hybridized carbons (Fsp3) is 0.143. The van der Waals surface area contributed by atoms with Crippen molar-refractivity contribution in [2.75, 3.05) is 12.4 Å². The average molecular weight is 431 g/mol. The van der Waals surface area contributed by atoms with E-state index in [0.29, 0.717) is 5.69 Å². The quantitative estimate of drug-likeness (QED) is 0.468. The van der Waals surface area contributed by atoms with Gasteiger partial charge in [0.15, 0.2) is 4.96 Å². The van der Waals surface area contributed by atoms with E-state index in [0.717, 1.165) is 39.8 Å². The number of nitrogens with one attached hydrogen (secondary N) is 1. The molecular weight excluding hydrogens is 415 g/mol. The Kier molecular flexibility index (Phi) is 5.21. The number of aromatic nitrogens is 2. The van der Waals surface area contributed by atoms with Crippen LogP contribution in [0.1, 0.15) is 11.3 Å². The minimum atomic E-state index is -4.41. The van der Waals surface area contributed by atoms with Gasteiger partial charge in [-0.25, -0.2) is 4.98 Å². The van der Waals surface area contributed by atoms with Crippen molar-refractivity contribution in [2.45, 2.75) is 12.6 Å². The second-order valence-electron chi connectivity index (χ2n) is 6.53. The van der Waals surface area contributed by atoms with E-state index in [2.05, 4.69) is 10.3 Å². The number of hydrogen-bond donors (Lipinski definition) is 1. The third-order valence-corrected chi connectivity index (χ3v) is 5.40. The minimum absolute atomic E-state index is 0.0689. The van der Waals surface area contributed by atoms with Crippen molar-refractivity contribution in [1.29, 1.82) is 0 Å². The van der Waals surface area contributed by atoms with Gasteiger partial charge in [-0.15, -0.1) is 11.3 Å². The van der Waals surface area contributed by atoms with E-state index in [9.17, 15) is 18.0 Å². The van der Waals surface area contributed by atoms with Gasteiger partial charge in [0, 0.05) is 28.5 Å². The summed E-state index contributed by atoms with van der Waals surface area (Å²) in [6.45, 7) is 0. The summed E-state index contributed by atoms with van der Waals surface area (Å²) in [5.74, 6) is 0.426. The Hall–Kier alpha value is -3.33. The van der Waals surface area contributed by atoms with Crippen LogP contribution in [0.4, 0.5) is 18.9 Å². The molecule has 2 aromatic heterocycles. The summed E-state index contributed by atoms with van der Waals surface area (Å²) in [6, 6.07) is 11.9. The number of amides is 1. The maximum absolute atomic E-state index is 12.6. The molecule has 0 aliphatic heterocycles. The number of benzene rings is 2. The lowest BCUT2D eigenvalue weighted by atomic mass is 10.1. The molecule has 4 aromatic rings. The van der Waals surface area contributed by atoms with Crippen molar-refractivity contribution >= 4 is 27.9 Å². The molecule has 0 fully saturated rings. The van der Waals surface area contributed by atoms with E-state index in [1.165, 1.54) is 23.5 Å². The van der Waals surface area contributed by atoms with Crippen molar-refractivity contribution in [3.05, 3.63) is 71.4 Å². The smallest absolute Gasteiger partial charge is 0.416 e. The highest BCUT2D eigenvalue weighted by Gasteiger charge is 2.30. The Bertz CT molecular complexity index is 1180. The van der Waals surface area contributed by atoms with Crippen LogP contribution in [0.15, 0.2) is 60.1 Å². The van der Waals surface area contributed by atoms with E-state index >= 15 is 0 Å². The molecule has 0 aliphatic rings. The number of halogens is 3. The van der Waals surface area contributed by atoms with Gasteiger partial charge in [0.25, 0.3) is 0 Å². The first kappa shape index (κ1) is 20.0. The van der Waals surface area contributed by atoms with E-state index in [4.69, 9.17) is 4.74 Å². The van der Waals surface area contributed by atoms with E-state index in [-0.39, 0.29) is 12.3 Å². The molecule has 0 aliphatic carbocycles. The van der Waals surface area contributed by atoms with Crippen LogP contribution in [0, 0.1) is 0 Å². The summed E-state index contributed by atoms with van der Waals surface area (Å²) in [7, 11) is 1.60. The number of nitrogens with zero attached hydrogens (tertiary/aromatic N) is 2. The Morgan fingerprint density at radius 3 is 2.47 bits per heavy atom. The van der Waals surface area contributed by atoms with Gasteiger partial charge in [-0.05, 0) is 48.5 Å². The Balaban J connectivity index is 1.48. The lowest BCUT2D eigenvalue weighted by molar-refractivity contribution is -0.137. The van der Waals surface area contributed by atoms with Crippen molar-refractivity contribution in [3.8, 4) is 17.0 Å². The van der Waals surface area contributed by atoms with Crippen LogP contribution < -0.4 is 10.1 Å². The number of thiazole rings is 1. The number of imidazole rings is 1. The maximum atomic E-state index is 12.6. The average Bonchev–Trinajstić information content (AvgIpc) is 3.30. The molecule has 1 amide bonds. The molecule has 9 heteroatoms. The zero-order chi connectivity index (χ0) is 21.3. The molecule has 5 nitrogen and oxygen atoms in total. The van der Waals surface area contributed by atoms with E-state index in [1.54, 1.807) is 7.11 Å². The number of alkyl halides is 3. The normalized spacial score (nSPS) is 11.6. The molecule has 2 heterocycles. The van der Waals surface area contributed by atoms with Gasteiger partial charge >= 0.3 is 6.18 Å². The van der Waals surface area contributed by atoms with E-state index < -0.39 is 11.7 Å². The summed E-state index contributed by atoms with van der Waals surface area (Å²) >= 11 is 1.41. The van der Waals surface area contributed by atoms with Gasteiger partial charge < -0.3 is 10.1 Å². The first-order valence-electron chi connectivity index (χ1n) is 8.90. The zero-order valence-electron chi connectivity index (χ0n) is 15.7. The number of carbonyl (C=O) groups is 1. The summed E-state index contributed by atoms with van der Waals surface area (Å²) < 4.78 is 44.9. The first-order valence-corrected chi connectivity index (χ1v) is 9.78. The van der Waals surface area contributed by atoms with Crippen LogP contribution in [0.3, 0.4) is 0 Å². The van der Waals surface area contributed by atoms with Crippen LogP contribution in [0.5, 0.6) is 5.75 Å². The molecule has 0 atom stereocenters. The number of fused-ring (bicyclic) bond motifs is 1. The van der Waals surface area contributed by atoms with Gasteiger partial charge in [-0.2, -0.15) is 13.2 Å². The van der Waals surface area contributed by atoms with Gasteiger partial charge in [-0.1, -0.05) is 0 Å². The van der Waals surface area contributed by atoms with Crippen molar-refractivity contribution in [2.24, 2.45) is 0 Å². The third kappa shape index (κ3) is 4.16. The highest BCUT2D eigenvalue weighted by Crippen LogP contribution is 2.30. The van der Waals surface area contributed by atoms with Gasteiger partial charge in [0.2, 0.25) is 5.91 Å². The Morgan fingerprint density at radius 1 is 1.13 bits per heavy atom. The zero-order valence-corrected chi connectivity index (χ0v) is 16.6. The number of hydrogen-bond acceptors (Lipinski definition) is 4. The van der Waals surface area contributed by atoms with Crippen LogP contribution in [0.2, 0.25) is 0 Å². The minimum Gasteiger partial charge on any atom is -0.497 e. The standard InChI is InChI=1S/C21H16F3N3O2S/c1-29-17-8-2-13(3-9-17)18-11-27-16(12-30-20(27)26-18)10-19(28)25-15-6-4-14(5-7-15)21(22,23)24/h2-9,11-12H,10H2,1H3,(H,25,28). The summed E-state index contributed by atoms with van der Waals surface area (Å²) in [4.78, 5) is 17.7. The monoisotopic (exact) mass is 431 g/mol. The predicted molar refractivity (Wildman–Crippen MR) is 109 cm³/mol. The molecule has 154 valence electrons. The highest BCUT2D eigenvalue weighted by molar-refractivity contribution is 7.15. The molecule has 0 radical (unpaired) electrons. The maximum Gasteiger partial charge on any atom is 0.416 e. The molecule has 0 bridgehead atoms. The second-order valence-corrected chi connectivity index (χ2v) is 7.37. The molecule has 4 rings (SSSR count). The van der Waals surface area contributed by atoms with Crippen LogP contribution in [-0.4, -0.2) is 22.4 Å². The number of anilines is 1. The molecule has 0 saturated heterocycles. The van der Waals surface area contributed by atoms with Crippen molar-refractivity contribution < 1.29 is 22.7 Å². The lowest BCUT2D eigenvalue weighted by Gasteiger charge is -2.08. The fourth-order valence-electron chi connectivity index (χ4n) is 2.97. The molecule has 0 spiro atoms. The van der Waals surface area contributed by atoms with Crippen molar-refractivity contribution in [3.63, 3.8) is 0 Å². The summed E-state index contributed by atoms with van der Waals surface area (Å²) in [6.07, 6.45) is -2.48. The first-order chi connectivity index (χ1) is 14.3. The Labute approximate surface area is 173 Å². The summed E-state index contributed by atoms with van der Waals surface area (Å²) in [5.41, 5.74) is 1.99. The topological polar surface area (TPSA) is 55.6 Å². The highest BCUT2D eigenvalue weighted by atomic mass is 32.1. The van der Waals surface area contributed by atoms with Crippen LogP contribution >= 0.6 is 11.3 Å². The third-order valence-electron chi connectivity index (χ3n) is 4.51. The molecular formula is C21H16F3N3O2S. The van der Waals surface area contributed by atoms with Gasteiger partial charge in [0.1, 0.15) is 5.75 Å². The molecule has 30 heavy (non-hydrogen) atoms. The number of ether oxygens (including phenoxy) is 1.